The van der Waals surface area contributed by atoms with Crippen LogP contribution in [-0.2, 0) is 16.0 Å². The summed E-state index contributed by atoms with van der Waals surface area (Å²) in [6.07, 6.45) is 4.94. The molecule has 1 aromatic rings. The normalized spacial score (nSPS) is 27.7. The zero-order valence-corrected chi connectivity index (χ0v) is 14.1. The van der Waals surface area contributed by atoms with E-state index >= 15 is 0 Å². The van der Waals surface area contributed by atoms with Gasteiger partial charge in [0.1, 0.15) is 19.3 Å². The molecule has 1 N–H and O–H groups in total. The molecule has 6 heteroatoms. The average molecular weight is 345 g/mol. The van der Waals surface area contributed by atoms with Crippen molar-refractivity contribution in [3.63, 3.8) is 0 Å². The summed E-state index contributed by atoms with van der Waals surface area (Å²) in [6, 6.07) is 4.91. The van der Waals surface area contributed by atoms with Crippen molar-refractivity contribution in [1.82, 2.24) is 4.90 Å². The van der Waals surface area contributed by atoms with E-state index in [1.165, 1.54) is 0 Å². The zero-order chi connectivity index (χ0) is 17.4. The molecule has 3 unspecified atom stereocenters. The Labute approximate surface area is 146 Å². The van der Waals surface area contributed by atoms with Crippen LogP contribution in [0, 0.1) is 5.92 Å². The summed E-state index contributed by atoms with van der Waals surface area (Å²) in [7, 11) is 0. The van der Waals surface area contributed by atoms with E-state index in [0.29, 0.717) is 37.1 Å². The van der Waals surface area contributed by atoms with Gasteiger partial charge in [-0.1, -0.05) is 18.9 Å². The molecule has 1 saturated heterocycles. The molecule has 1 aromatic carbocycles. The lowest BCUT2D eigenvalue weighted by molar-refractivity contribution is -0.149. The Morgan fingerprint density at radius 1 is 1.12 bits per heavy atom. The highest BCUT2D eigenvalue weighted by Crippen LogP contribution is 2.40. The third-order valence-electron chi connectivity index (χ3n) is 5.62. The highest BCUT2D eigenvalue weighted by Gasteiger charge is 2.47. The summed E-state index contributed by atoms with van der Waals surface area (Å²) in [5.41, 5.74) is 0.831. The van der Waals surface area contributed by atoms with Crippen LogP contribution in [-0.4, -0.2) is 47.2 Å². The molecule has 0 spiro atoms. The summed E-state index contributed by atoms with van der Waals surface area (Å²) in [4.78, 5) is 26.3. The molecule has 1 aliphatic carbocycles. The van der Waals surface area contributed by atoms with Crippen molar-refractivity contribution in [2.24, 2.45) is 5.92 Å². The standard InChI is InChI=1S/C19H23NO5/c21-18(10-12-5-6-16-17(9-12)25-8-7-24-16)20-14-4-2-1-3-13(14)11-15(20)19(22)23/h5-6,9,13-15H,1-4,7-8,10-11H2,(H,22,23). The molecule has 2 fully saturated rings. The topological polar surface area (TPSA) is 76.1 Å². The summed E-state index contributed by atoms with van der Waals surface area (Å²) >= 11 is 0. The van der Waals surface area contributed by atoms with Crippen LogP contribution in [0.5, 0.6) is 11.5 Å². The fourth-order valence-corrected chi connectivity index (χ4v) is 4.50. The Hall–Kier alpha value is -2.24. The first kappa shape index (κ1) is 16.2. The number of carboxylic acid groups (broad SMARTS) is 1. The maximum Gasteiger partial charge on any atom is 0.326 e. The first-order valence-corrected chi connectivity index (χ1v) is 9.06. The number of carboxylic acids is 1. The molecule has 134 valence electrons. The van der Waals surface area contributed by atoms with Crippen LogP contribution in [0.3, 0.4) is 0 Å². The first-order valence-electron chi connectivity index (χ1n) is 9.06. The van der Waals surface area contributed by atoms with Crippen LogP contribution in [0.4, 0.5) is 0 Å². The van der Waals surface area contributed by atoms with Gasteiger partial charge in [0.25, 0.3) is 0 Å². The van der Waals surface area contributed by atoms with E-state index < -0.39 is 12.0 Å². The van der Waals surface area contributed by atoms with Crippen LogP contribution in [0.15, 0.2) is 18.2 Å². The first-order chi connectivity index (χ1) is 12.1. The van der Waals surface area contributed by atoms with Gasteiger partial charge in [-0.05, 0) is 42.9 Å². The van der Waals surface area contributed by atoms with Gasteiger partial charge in [0.15, 0.2) is 11.5 Å². The monoisotopic (exact) mass is 345 g/mol. The van der Waals surface area contributed by atoms with Gasteiger partial charge in [-0.25, -0.2) is 4.79 Å². The zero-order valence-electron chi connectivity index (χ0n) is 14.1. The van der Waals surface area contributed by atoms with Crippen molar-refractivity contribution >= 4 is 11.9 Å². The second-order valence-corrected chi connectivity index (χ2v) is 7.16. The average Bonchev–Trinajstić information content (AvgIpc) is 3.01. The predicted octanol–water partition coefficient (Wildman–Crippen LogP) is 2.24. The predicted molar refractivity (Wildman–Crippen MR) is 89.8 cm³/mol. The Morgan fingerprint density at radius 2 is 1.88 bits per heavy atom. The summed E-state index contributed by atoms with van der Waals surface area (Å²) < 4.78 is 11.1. The van der Waals surface area contributed by atoms with Crippen LogP contribution >= 0.6 is 0 Å². The number of nitrogens with zero attached hydrogens (tertiary/aromatic N) is 1. The smallest absolute Gasteiger partial charge is 0.326 e. The SMILES string of the molecule is O=C(O)C1CC2CCCCC2N1C(=O)Cc1ccc2c(c1)OCCO2. The number of rotatable bonds is 3. The van der Waals surface area contributed by atoms with Gasteiger partial charge < -0.3 is 19.5 Å². The third-order valence-corrected chi connectivity index (χ3v) is 5.62. The number of fused-ring (bicyclic) bond motifs is 2. The molecule has 0 aromatic heterocycles. The fourth-order valence-electron chi connectivity index (χ4n) is 4.50. The van der Waals surface area contributed by atoms with Crippen molar-refractivity contribution in [2.75, 3.05) is 13.2 Å². The highest BCUT2D eigenvalue weighted by molar-refractivity contribution is 5.86. The number of amides is 1. The number of aliphatic carboxylic acids is 1. The van der Waals surface area contributed by atoms with Gasteiger partial charge in [-0.3, -0.25) is 4.79 Å². The van der Waals surface area contributed by atoms with E-state index in [1.807, 2.05) is 18.2 Å². The van der Waals surface area contributed by atoms with E-state index in [0.717, 1.165) is 31.2 Å². The Kier molecular flexibility index (Phi) is 4.27. The highest BCUT2D eigenvalue weighted by atomic mass is 16.6. The van der Waals surface area contributed by atoms with E-state index in [-0.39, 0.29) is 18.4 Å². The Morgan fingerprint density at radius 3 is 2.68 bits per heavy atom. The number of carbonyl (C=O) groups is 2. The Balaban J connectivity index is 1.53. The minimum atomic E-state index is -0.884. The van der Waals surface area contributed by atoms with Crippen LogP contribution in [0.25, 0.3) is 0 Å². The molecule has 25 heavy (non-hydrogen) atoms. The second-order valence-electron chi connectivity index (χ2n) is 7.16. The van der Waals surface area contributed by atoms with Gasteiger partial charge in [0, 0.05) is 6.04 Å². The van der Waals surface area contributed by atoms with Crippen molar-refractivity contribution in [3.05, 3.63) is 23.8 Å². The second kappa shape index (κ2) is 6.58. The van der Waals surface area contributed by atoms with Crippen molar-refractivity contribution in [3.8, 4) is 11.5 Å². The van der Waals surface area contributed by atoms with Crippen LogP contribution < -0.4 is 9.47 Å². The van der Waals surface area contributed by atoms with Crippen LogP contribution in [0.1, 0.15) is 37.7 Å². The summed E-state index contributed by atoms with van der Waals surface area (Å²) in [6.45, 7) is 1.03. The Bertz CT molecular complexity index is 688. The van der Waals surface area contributed by atoms with Gasteiger partial charge in [-0.2, -0.15) is 0 Å². The van der Waals surface area contributed by atoms with Gasteiger partial charge >= 0.3 is 5.97 Å². The summed E-state index contributed by atoms with van der Waals surface area (Å²) in [5, 5.41) is 9.57. The molecule has 0 radical (unpaired) electrons. The summed E-state index contributed by atoms with van der Waals surface area (Å²) in [5.74, 6) is 0.699. The van der Waals surface area contributed by atoms with Gasteiger partial charge in [0.2, 0.25) is 5.91 Å². The molecule has 1 amide bonds. The number of ether oxygens (including phenoxy) is 2. The van der Waals surface area contributed by atoms with E-state index in [1.54, 1.807) is 4.90 Å². The van der Waals surface area contributed by atoms with Crippen molar-refractivity contribution < 1.29 is 24.2 Å². The van der Waals surface area contributed by atoms with Crippen LogP contribution in [0.2, 0.25) is 0 Å². The lowest BCUT2D eigenvalue weighted by atomic mass is 9.84. The maximum absolute atomic E-state index is 12.9. The van der Waals surface area contributed by atoms with Gasteiger partial charge in [-0.15, -0.1) is 0 Å². The maximum atomic E-state index is 12.9. The fraction of sp³-hybridized carbons (Fsp3) is 0.579. The van der Waals surface area contributed by atoms with Crippen molar-refractivity contribution in [1.29, 1.82) is 0 Å². The van der Waals surface area contributed by atoms with E-state index in [2.05, 4.69) is 0 Å². The molecule has 1 saturated carbocycles. The number of benzene rings is 1. The van der Waals surface area contributed by atoms with Gasteiger partial charge in [0.05, 0.1) is 6.42 Å². The largest absolute Gasteiger partial charge is 0.486 e. The number of carbonyl (C=O) groups excluding carboxylic acids is 1. The minimum absolute atomic E-state index is 0.0829. The molecule has 4 rings (SSSR count). The molecular formula is C19H23NO5. The third kappa shape index (κ3) is 3.05. The van der Waals surface area contributed by atoms with E-state index in [9.17, 15) is 14.7 Å². The lowest BCUT2D eigenvalue weighted by Crippen LogP contribution is -2.46. The minimum Gasteiger partial charge on any atom is -0.486 e. The van der Waals surface area contributed by atoms with E-state index in [4.69, 9.17) is 9.47 Å². The number of likely N-dealkylation sites (tertiary alicyclic amines) is 1. The molecule has 0 bridgehead atoms. The number of hydrogen-bond acceptors (Lipinski definition) is 4. The molecular weight excluding hydrogens is 322 g/mol. The molecule has 2 heterocycles. The van der Waals surface area contributed by atoms with Crippen molar-refractivity contribution in [2.45, 2.75) is 50.6 Å². The molecule has 3 aliphatic rings. The lowest BCUT2D eigenvalue weighted by Gasteiger charge is -2.33. The number of hydrogen-bond donors (Lipinski definition) is 1. The molecule has 2 aliphatic heterocycles. The molecule has 6 nitrogen and oxygen atoms in total. The quantitative estimate of drug-likeness (QED) is 0.909. The molecule has 3 atom stereocenters.